The lowest BCUT2D eigenvalue weighted by Gasteiger charge is -2.07. The lowest BCUT2D eigenvalue weighted by molar-refractivity contribution is 0.102. The molecule has 92 valence electrons. The molecule has 1 aromatic heterocycles. The van der Waals surface area contributed by atoms with Crippen LogP contribution in [-0.4, -0.2) is 10.9 Å². The maximum atomic E-state index is 12.9. The molecule has 0 spiro atoms. The van der Waals surface area contributed by atoms with Gasteiger partial charge >= 0.3 is 0 Å². The summed E-state index contributed by atoms with van der Waals surface area (Å²) in [6.45, 7) is 0. The number of hydrogen-bond donors (Lipinski definition) is 1. The molecule has 0 unspecified atom stereocenters. The number of rotatable bonds is 2. The van der Waals surface area contributed by atoms with E-state index in [-0.39, 0.29) is 5.91 Å². The van der Waals surface area contributed by atoms with Gasteiger partial charge in [0.15, 0.2) is 0 Å². The third-order valence-corrected chi connectivity index (χ3v) is 3.50. The van der Waals surface area contributed by atoms with E-state index in [1.165, 1.54) is 12.3 Å². The number of aromatic nitrogens is 1. The Labute approximate surface area is 125 Å². The second kappa shape index (κ2) is 5.75. The third kappa shape index (κ3) is 3.26. The number of carbonyl (C=O) groups is 1. The van der Waals surface area contributed by atoms with E-state index in [0.717, 1.165) is 9.77 Å². The summed E-state index contributed by atoms with van der Waals surface area (Å²) in [5.74, 6) is -0.803. The Hall–Kier alpha value is -1.02. The first-order chi connectivity index (χ1) is 8.56. The summed E-state index contributed by atoms with van der Waals surface area (Å²) in [4.78, 5) is 15.7. The molecule has 0 saturated heterocycles. The van der Waals surface area contributed by atoms with Gasteiger partial charge in [0.2, 0.25) is 0 Å². The normalized spacial score (nSPS) is 10.2. The van der Waals surface area contributed by atoms with Crippen LogP contribution in [0.4, 0.5) is 10.1 Å². The molecular weight excluding hydrogens is 414 g/mol. The highest BCUT2D eigenvalue weighted by Gasteiger charge is 2.11. The number of benzene rings is 1. The summed E-state index contributed by atoms with van der Waals surface area (Å²) in [6.07, 6.45) is 2.47. The highest BCUT2D eigenvalue weighted by molar-refractivity contribution is 14.1. The molecule has 0 radical (unpaired) electrons. The van der Waals surface area contributed by atoms with Gasteiger partial charge in [0.05, 0.1) is 23.6 Å². The van der Waals surface area contributed by atoms with E-state index < -0.39 is 5.82 Å². The molecule has 0 saturated carbocycles. The zero-order valence-electron chi connectivity index (χ0n) is 8.95. The third-order valence-electron chi connectivity index (χ3n) is 2.14. The number of anilines is 1. The number of hydrogen-bond acceptors (Lipinski definition) is 2. The van der Waals surface area contributed by atoms with Gasteiger partial charge in [-0.3, -0.25) is 9.78 Å². The smallest absolute Gasteiger partial charge is 0.256 e. The Morgan fingerprint density at radius 3 is 2.83 bits per heavy atom. The van der Waals surface area contributed by atoms with Crippen LogP contribution in [0.25, 0.3) is 0 Å². The number of nitrogens with one attached hydrogen (secondary N) is 1. The summed E-state index contributed by atoms with van der Waals surface area (Å²) >= 11 is 5.42. The van der Waals surface area contributed by atoms with Crippen LogP contribution in [-0.2, 0) is 0 Å². The monoisotopic (exact) mass is 420 g/mol. The first kappa shape index (κ1) is 13.4. The van der Waals surface area contributed by atoms with Crippen molar-refractivity contribution in [3.05, 3.63) is 56.1 Å². The van der Waals surface area contributed by atoms with Crippen molar-refractivity contribution in [2.75, 3.05) is 5.32 Å². The molecule has 1 aromatic carbocycles. The number of carbonyl (C=O) groups excluding carboxylic acids is 1. The predicted octanol–water partition coefficient (Wildman–Crippen LogP) is 3.84. The molecule has 0 aliphatic heterocycles. The molecule has 2 rings (SSSR count). The lowest BCUT2D eigenvalue weighted by atomic mass is 10.2. The van der Waals surface area contributed by atoms with Gasteiger partial charge in [-0.2, -0.15) is 0 Å². The minimum atomic E-state index is -0.491. The van der Waals surface area contributed by atoms with Gasteiger partial charge in [0, 0.05) is 14.1 Å². The van der Waals surface area contributed by atoms with E-state index >= 15 is 0 Å². The van der Waals surface area contributed by atoms with Crippen molar-refractivity contribution >= 4 is 50.1 Å². The van der Waals surface area contributed by atoms with Gasteiger partial charge in [0.25, 0.3) is 5.91 Å². The van der Waals surface area contributed by atoms with Crippen LogP contribution in [0.1, 0.15) is 10.4 Å². The maximum Gasteiger partial charge on any atom is 0.256 e. The summed E-state index contributed by atoms with van der Waals surface area (Å²) in [6, 6.07) is 6.63. The predicted molar refractivity (Wildman–Crippen MR) is 79.0 cm³/mol. The molecule has 3 nitrogen and oxygen atoms in total. The Morgan fingerprint density at radius 1 is 1.33 bits per heavy atom. The first-order valence-electron chi connectivity index (χ1n) is 4.93. The van der Waals surface area contributed by atoms with Gasteiger partial charge in [-0.05, 0) is 56.7 Å². The fourth-order valence-electron chi connectivity index (χ4n) is 1.35. The lowest BCUT2D eigenvalue weighted by Crippen LogP contribution is -2.13. The van der Waals surface area contributed by atoms with E-state index in [2.05, 4.69) is 48.8 Å². The number of amides is 1. The van der Waals surface area contributed by atoms with Crippen LogP contribution in [0.5, 0.6) is 0 Å². The van der Waals surface area contributed by atoms with Crippen molar-refractivity contribution in [1.29, 1.82) is 0 Å². The topological polar surface area (TPSA) is 42.0 Å². The van der Waals surface area contributed by atoms with E-state index in [1.807, 2.05) is 6.07 Å². The van der Waals surface area contributed by atoms with Crippen LogP contribution in [0, 0.1) is 9.39 Å². The standard InChI is InChI=1S/C12H7BrFIN2O/c13-11-2-1-8(15)4-10(11)12(18)17-9-3-7(14)5-16-6-9/h1-6H,(H,17,18). The molecule has 0 aliphatic rings. The first-order valence-corrected chi connectivity index (χ1v) is 6.80. The summed E-state index contributed by atoms with van der Waals surface area (Å²) in [5, 5.41) is 2.59. The summed E-state index contributed by atoms with van der Waals surface area (Å²) in [5.41, 5.74) is 0.817. The number of pyridine rings is 1. The molecule has 1 N–H and O–H groups in total. The van der Waals surface area contributed by atoms with E-state index in [0.29, 0.717) is 15.7 Å². The molecular formula is C12H7BrFIN2O. The minimum absolute atomic E-state index is 0.312. The minimum Gasteiger partial charge on any atom is -0.320 e. The summed E-state index contributed by atoms with van der Waals surface area (Å²) in [7, 11) is 0. The van der Waals surface area contributed by atoms with Crippen LogP contribution in [0.15, 0.2) is 41.1 Å². The number of nitrogens with zero attached hydrogens (tertiary/aromatic N) is 1. The van der Waals surface area contributed by atoms with Gasteiger partial charge in [-0.25, -0.2) is 4.39 Å². The Kier molecular flexibility index (Phi) is 4.28. The maximum absolute atomic E-state index is 12.9. The van der Waals surface area contributed by atoms with Crippen molar-refractivity contribution in [1.82, 2.24) is 4.98 Å². The van der Waals surface area contributed by atoms with E-state index in [1.54, 1.807) is 12.1 Å². The Bertz CT molecular complexity index is 606. The molecule has 1 amide bonds. The molecule has 0 aliphatic carbocycles. The van der Waals surface area contributed by atoms with Gasteiger partial charge < -0.3 is 5.32 Å². The molecule has 0 bridgehead atoms. The second-order valence-corrected chi connectivity index (χ2v) is 5.57. The zero-order chi connectivity index (χ0) is 13.1. The quantitative estimate of drug-likeness (QED) is 0.750. The SMILES string of the molecule is O=C(Nc1cncc(F)c1)c1cc(I)ccc1Br. The molecule has 0 fully saturated rings. The van der Waals surface area contributed by atoms with Gasteiger partial charge in [-0.15, -0.1) is 0 Å². The molecule has 18 heavy (non-hydrogen) atoms. The Balaban J connectivity index is 2.24. The number of halogens is 3. The fourth-order valence-corrected chi connectivity index (χ4v) is 2.27. The van der Waals surface area contributed by atoms with Gasteiger partial charge in [-0.1, -0.05) is 0 Å². The zero-order valence-corrected chi connectivity index (χ0v) is 12.7. The fraction of sp³-hybridized carbons (Fsp3) is 0. The molecule has 6 heteroatoms. The van der Waals surface area contributed by atoms with Gasteiger partial charge in [0.1, 0.15) is 5.82 Å². The van der Waals surface area contributed by atoms with Crippen molar-refractivity contribution in [3.8, 4) is 0 Å². The van der Waals surface area contributed by atoms with Crippen LogP contribution >= 0.6 is 38.5 Å². The van der Waals surface area contributed by atoms with E-state index in [4.69, 9.17) is 0 Å². The Morgan fingerprint density at radius 2 is 2.11 bits per heavy atom. The highest BCUT2D eigenvalue weighted by atomic mass is 127. The largest absolute Gasteiger partial charge is 0.320 e. The van der Waals surface area contributed by atoms with Crippen molar-refractivity contribution in [2.45, 2.75) is 0 Å². The molecule has 0 atom stereocenters. The van der Waals surface area contributed by atoms with Crippen molar-refractivity contribution in [2.24, 2.45) is 0 Å². The average Bonchev–Trinajstić information content (AvgIpc) is 2.32. The van der Waals surface area contributed by atoms with Crippen LogP contribution < -0.4 is 5.32 Å². The molecule has 1 heterocycles. The molecule has 2 aromatic rings. The summed E-state index contributed by atoms with van der Waals surface area (Å²) < 4.78 is 14.6. The van der Waals surface area contributed by atoms with Crippen LogP contribution in [0.2, 0.25) is 0 Å². The van der Waals surface area contributed by atoms with Crippen molar-refractivity contribution in [3.63, 3.8) is 0 Å². The second-order valence-electron chi connectivity index (χ2n) is 3.47. The highest BCUT2D eigenvalue weighted by Crippen LogP contribution is 2.20. The van der Waals surface area contributed by atoms with Crippen molar-refractivity contribution < 1.29 is 9.18 Å². The van der Waals surface area contributed by atoms with Crippen LogP contribution in [0.3, 0.4) is 0 Å². The van der Waals surface area contributed by atoms with E-state index in [9.17, 15) is 9.18 Å². The average molecular weight is 421 g/mol.